The van der Waals surface area contributed by atoms with Crippen LogP contribution in [0.5, 0.6) is 0 Å². The van der Waals surface area contributed by atoms with E-state index in [-0.39, 0.29) is 9.92 Å². The summed E-state index contributed by atoms with van der Waals surface area (Å²) in [6.45, 7) is 9.18. The van der Waals surface area contributed by atoms with Gasteiger partial charge in [0.2, 0.25) is 10.0 Å². The largest absolute Gasteiger partial charge is 0.355 e. The summed E-state index contributed by atoms with van der Waals surface area (Å²) in [5.41, 5.74) is 2.76. The number of halogens is 1. The summed E-state index contributed by atoms with van der Waals surface area (Å²) in [6.07, 6.45) is 1.77. The molecule has 130 valence electrons. The van der Waals surface area contributed by atoms with Crippen molar-refractivity contribution < 1.29 is 8.42 Å². The molecule has 5 nitrogen and oxygen atoms in total. The molecule has 0 amide bonds. The van der Waals surface area contributed by atoms with Gasteiger partial charge in [0, 0.05) is 28.8 Å². The fourth-order valence-corrected chi connectivity index (χ4v) is 4.11. The molecule has 1 aromatic carbocycles. The lowest BCUT2D eigenvalue weighted by atomic mass is 10.1. The molecular weight excluding hydrogens is 346 g/mol. The highest BCUT2D eigenvalue weighted by Gasteiger charge is 2.24. The molecule has 0 unspecified atom stereocenters. The van der Waals surface area contributed by atoms with Crippen LogP contribution in [0.4, 0.5) is 11.4 Å². The maximum atomic E-state index is 12.6. The zero-order valence-corrected chi connectivity index (χ0v) is 16.0. The lowest BCUT2D eigenvalue weighted by molar-refractivity contribution is 0.491. The summed E-state index contributed by atoms with van der Waals surface area (Å²) in [4.78, 5) is 4.27. The van der Waals surface area contributed by atoms with Gasteiger partial charge >= 0.3 is 0 Å². The van der Waals surface area contributed by atoms with Crippen molar-refractivity contribution in [2.24, 2.45) is 0 Å². The fraction of sp³-hybridized carbons (Fsp3) is 0.353. The monoisotopic (exact) mass is 367 g/mol. The zero-order valence-electron chi connectivity index (χ0n) is 14.4. The molecule has 2 aromatic rings. The van der Waals surface area contributed by atoms with Gasteiger partial charge in [-0.3, -0.25) is 4.98 Å². The Kier molecular flexibility index (Phi) is 5.22. The first-order chi connectivity index (χ1) is 11.0. The van der Waals surface area contributed by atoms with Gasteiger partial charge in [0.25, 0.3) is 0 Å². The molecule has 24 heavy (non-hydrogen) atoms. The fourth-order valence-electron chi connectivity index (χ4n) is 2.16. The van der Waals surface area contributed by atoms with Gasteiger partial charge in [-0.25, -0.2) is 13.1 Å². The minimum Gasteiger partial charge on any atom is -0.355 e. The Labute approximate surface area is 148 Å². The SMILES string of the molecule is Cc1cc(Nc2ccc(Cl)c(S(=O)(=O)NC(C)(C)C)c2)c(C)cn1. The summed E-state index contributed by atoms with van der Waals surface area (Å²) in [5, 5.41) is 3.41. The van der Waals surface area contributed by atoms with Crippen LogP contribution >= 0.6 is 11.6 Å². The van der Waals surface area contributed by atoms with Crippen molar-refractivity contribution in [3.05, 3.63) is 46.7 Å². The second kappa shape index (κ2) is 6.70. The number of hydrogen-bond donors (Lipinski definition) is 2. The standard InChI is InChI=1S/C17H22ClN3O2S/c1-11-10-19-12(2)8-15(11)20-13-6-7-14(18)16(9-13)24(22,23)21-17(3,4)5/h6-10,21H,1-5H3,(H,19,20). The second-order valence-corrected chi connectivity index (χ2v) is 8.82. The third kappa shape index (κ3) is 4.69. The van der Waals surface area contributed by atoms with Crippen molar-refractivity contribution in [2.45, 2.75) is 45.1 Å². The van der Waals surface area contributed by atoms with Gasteiger partial charge in [-0.2, -0.15) is 0 Å². The van der Waals surface area contributed by atoms with E-state index in [0.29, 0.717) is 5.69 Å². The van der Waals surface area contributed by atoms with Crippen molar-refractivity contribution >= 4 is 33.0 Å². The number of pyridine rings is 1. The van der Waals surface area contributed by atoms with Gasteiger partial charge in [0.1, 0.15) is 4.90 Å². The van der Waals surface area contributed by atoms with Crippen LogP contribution in [0.1, 0.15) is 32.0 Å². The van der Waals surface area contributed by atoms with E-state index in [4.69, 9.17) is 11.6 Å². The zero-order chi connectivity index (χ0) is 18.1. The highest BCUT2D eigenvalue weighted by molar-refractivity contribution is 7.89. The van der Waals surface area contributed by atoms with Crippen molar-refractivity contribution in [1.82, 2.24) is 9.71 Å². The molecule has 0 aliphatic rings. The van der Waals surface area contributed by atoms with Crippen molar-refractivity contribution in [1.29, 1.82) is 0 Å². The number of aromatic nitrogens is 1. The minimum atomic E-state index is -3.72. The number of nitrogens with zero attached hydrogens (tertiary/aromatic N) is 1. The number of nitrogens with one attached hydrogen (secondary N) is 2. The van der Waals surface area contributed by atoms with Gasteiger partial charge < -0.3 is 5.32 Å². The molecular formula is C17H22ClN3O2S. The van der Waals surface area contributed by atoms with E-state index in [1.54, 1.807) is 39.1 Å². The molecule has 0 atom stereocenters. The molecule has 7 heteroatoms. The van der Waals surface area contributed by atoms with E-state index >= 15 is 0 Å². The molecule has 0 radical (unpaired) electrons. The van der Waals surface area contributed by atoms with Crippen LogP contribution in [0.2, 0.25) is 5.02 Å². The van der Waals surface area contributed by atoms with Gasteiger partial charge in [-0.05, 0) is 64.4 Å². The lowest BCUT2D eigenvalue weighted by Gasteiger charge is -2.21. The first-order valence-electron chi connectivity index (χ1n) is 7.52. The van der Waals surface area contributed by atoms with Gasteiger partial charge in [-0.1, -0.05) is 11.6 Å². The molecule has 0 aliphatic carbocycles. The average molecular weight is 368 g/mol. The topological polar surface area (TPSA) is 71.1 Å². The van der Waals surface area contributed by atoms with Crippen LogP contribution in [-0.2, 0) is 10.0 Å². The third-order valence-electron chi connectivity index (χ3n) is 3.18. The van der Waals surface area contributed by atoms with Crippen LogP contribution in [0, 0.1) is 13.8 Å². The van der Waals surface area contributed by atoms with Gasteiger partial charge in [0.05, 0.1) is 5.02 Å². The molecule has 0 fully saturated rings. The lowest BCUT2D eigenvalue weighted by Crippen LogP contribution is -2.40. The Hall–Kier alpha value is -1.63. The van der Waals surface area contributed by atoms with Crippen molar-refractivity contribution in [3.8, 4) is 0 Å². The first kappa shape index (κ1) is 18.7. The van der Waals surface area contributed by atoms with Gasteiger partial charge in [-0.15, -0.1) is 0 Å². The second-order valence-electron chi connectivity index (χ2n) is 6.77. The minimum absolute atomic E-state index is 0.0486. The van der Waals surface area contributed by atoms with E-state index < -0.39 is 15.6 Å². The van der Waals surface area contributed by atoms with Crippen LogP contribution in [0.25, 0.3) is 0 Å². The average Bonchev–Trinajstić information content (AvgIpc) is 2.42. The van der Waals surface area contributed by atoms with E-state index in [1.165, 1.54) is 6.07 Å². The Bertz CT molecular complexity index is 859. The predicted molar refractivity (Wildman–Crippen MR) is 98.5 cm³/mol. The number of hydrogen-bond acceptors (Lipinski definition) is 4. The van der Waals surface area contributed by atoms with Crippen molar-refractivity contribution in [2.75, 3.05) is 5.32 Å². The molecule has 0 bridgehead atoms. The van der Waals surface area contributed by atoms with E-state index in [1.807, 2.05) is 19.9 Å². The summed E-state index contributed by atoms with van der Waals surface area (Å²) < 4.78 is 27.7. The number of benzene rings is 1. The first-order valence-corrected chi connectivity index (χ1v) is 9.38. The Balaban J connectivity index is 2.40. The molecule has 1 heterocycles. The summed E-state index contributed by atoms with van der Waals surface area (Å²) >= 11 is 6.11. The number of anilines is 2. The Morgan fingerprint density at radius 1 is 1.12 bits per heavy atom. The Morgan fingerprint density at radius 3 is 2.42 bits per heavy atom. The number of rotatable bonds is 4. The van der Waals surface area contributed by atoms with Crippen LogP contribution < -0.4 is 10.0 Å². The quantitative estimate of drug-likeness (QED) is 0.850. The maximum Gasteiger partial charge on any atom is 0.242 e. The predicted octanol–water partition coefficient (Wildman–Crippen LogP) is 4.17. The van der Waals surface area contributed by atoms with Crippen LogP contribution in [0.3, 0.4) is 0 Å². The van der Waals surface area contributed by atoms with E-state index in [9.17, 15) is 8.42 Å². The molecule has 1 aromatic heterocycles. The molecule has 2 N–H and O–H groups in total. The summed E-state index contributed by atoms with van der Waals surface area (Å²) in [7, 11) is -3.72. The summed E-state index contributed by atoms with van der Waals surface area (Å²) in [6, 6.07) is 6.76. The normalized spacial score (nSPS) is 12.2. The number of sulfonamides is 1. The molecule has 0 aliphatic heterocycles. The molecule has 0 spiro atoms. The molecule has 0 saturated carbocycles. The third-order valence-corrected chi connectivity index (χ3v) is 5.42. The van der Waals surface area contributed by atoms with E-state index in [0.717, 1.165) is 16.9 Å². The Morgan fingerprint density at radius 2 is 1.79 bits per heavy atom. The highest BCUT2D eigenvalue weighted by atomic mass is 35.5. The van der Waals surface area contributed by atoms with Crippen LogP contribution in [-0.4, -0.2) is 18.9 Å². The maximum absolute atomic E-state index is 12.6. The molecule has 0 saturated heterocycles. The highest BCUT2D eigenvalue weighted by Crippen LogP contribution is 2.28. The smallest absolute Gasteiger partial charge is 0.242 e. The van der Waals surface area contributed by atoms with Crippen molar-refractivity contribution in [3.63, 3.8) is 0 Å². The van der Waals surface area contributed by atoms with Gasteiger partial charge in [0.15, 0.2) is 0 Å². The summed E-state index contributed by atoms with van der Waals surface area (Å²) in [5.74, 6) is 0. The van der Waals surface area contributed by atoms with E-state index in [2.05, 4.69) is 15.0 Å². The number of aryl methyl sites for hydroxylation is 2. The molecule has 2 rings (SSSR count). The van der Waals surface area contributed by atoms with Crippen LogP contribution in [0.15, 0.2) is 35.4 Å².